The van der Waals surface area contributed by atoms with Crippen LogP contribution >= 0.6 is 0 Å². The molecule has 0 aliphatic heterocycles. The van der Waals surface area contributed by atoms with Gasteiger partial charge in [-0.25, -0.2) is 14.2 Å². The van der Waals surface area contributed by atoms with E-state index in [2.05, 4.69) is 25.7 Å². The molecule has 0 aromatic carbocycles. The molecular weight excluding hydrogens is 324 g/mol. The Morgan fingerprint density at radius 3 is 2.96 bits per heavy atom. The van der Waals surface area contributed by atoms with Gasteiger partial charge in [-0.1, -0.05) is 6.07 Å². The van der Waals surface area contributed by atoms with E-state index in [0.29, 0.717) is 17.1 Å². The highest BCUT2D eigenvalue weighted by atomic mass is 16.2. The number of amides is 1. The highest BCUT2D eigenvalue weighted by molar-refractivity contribution is 5.99. The SMILES string of the molecule is Cc1nn(C)c2n[nH]c(NC(=O)CCn3nc4ccccn4c3=O)c12. The largest absolute Gasteiger partial charge is 0.350 e. The molecule has 0 fully saturated rings. The van der Waals surface area contributed by atoms with E-state index in [1.807, 2.05) is 6.92 Å². The van der Waals surface area contributed by atoms with Crippen molar-refractivity contribution in [2.24, 2.45) is 7.05 Å². The number of anilines is 1. The molecule has 1 amide bonds. The molecule has 0 spiro atoms. The molecule has 25 heavy (non-hydrogen) atoms. The molecule has 4 rings (SSSR count). The Kier molecular flexibility index (Phi) is 3.38. The van der Waals surface area contributed by atoms with Crippen molar-refractivity contribution < 1.29 is 4.79 Å². The van der Waals surface area contributed by atoms with E-state index in [0.717, 1.165) is 11.1 Å². The lowest BCUT2D eigenvalue weighted by Gasteiger charge is -2.02. The molecule has 0 aliphatic rings. The minimum absolute atomic E-state index is 0.115. The first-order valence-corrected chi connectivity index (χ1v) is 7.76. The maximum atomic E-state index is 12.2. The summed E-state index contributed by atoms with van der Waals surface area (Å²) in [6.45, 7) is 2.04. The van der Waals surface area contributed by atoms with Crippen LogP contribution in [0.2, 0.25) is 0 Å². The third kappa shape index (κ3) is 2.47. The summed E-state index contributed by atoms with van der Waals surface area (Å²) in [5.74, 6) is 0.269. The van der Waals surface area contributed by atoms with E-state index in [9.17, 15) is 9.59 Å². The standard InChI is InChI=1S/C15H16N8O2/c1-9-12-13(17-18-14(12)21(2)19-9)16-11(24)6-8-23-15(25)22-7-4-3-5-10(22)20-23/h3-5,7H,6,8H2,1-2H3,(H2,16,17,18,24). The van der Waals surface area contributed by atoms with Crippen molar-refractivity contribution in [3.8, 4) is 0 Å². The molecule has 0 bridgehead atoms. The van der Waals surface area contributed by atoms with Gasteiger partial charge in [-0.15, -0.1) is 5.10 Å². The number of aromatic amines is 1. The second-order valence-electron chi connectivity index (χ2n) is 5.74. The van der Waals surface area contributed by atoms with Gasteiger partial charge in [0.25, 0.3) is 0 Å². The first kappa shape index (κ1) is 15.1. The summed E-state index contributed by atoms with van der Waals surface area (Å²) in [5.41, 5.74) is 1.73. The predicted octanol–water partition coefficient (Wildman–Crippen LogP) is 0.443. The minimum Gasteiger partial charge on any atom is -0.310 e. The molecule has 0 radical (unpaired) electrons. The van der Waals surface area contributed by atoms with Crippen molar-refractivity contribution in [3.63, 3.8) is 0 Å². The number of carbonyl (C=O) groups excluding carboxylic acids is 1. The summed E-state index contributed by atoms with van der Waals surface area (Å²) in [5, 5.41) is 19.0. The molecule has 4 heterocycles. The van der Waals surface area contributed by atoms with Gasteiger partial charge in [-0.2, -0.15) is 10.2 Å². The van der Waals surface area contributed by atoms with E-state index in [4.69, 9.17) is 0 Å². The lowest BCUT2D eigenvalue weighted by molar-refractivity contribution is -0.116. The number of carbonyl (C=O) groups is 1. The molecule has 0 aliphatic carbocycles. The average Bonchev–Trinajstić information content (AvgIpc) is 3.23. The zero-order valence-corrected chi connectivity index (χ0v) is 13.7. The maximum Gasteiger partial charge on any atom is 0.350 e. The monoisotopic (exact) mass is 340 g/mol. The van der Waals surface area contributed by atoms with Gasteiger partial charge in [-0.3, -0.25) is 14.3 Å². The van der Waals surface area contributed by atoms with Crippen LogP contribution in [-0.4, -0.2) is 40.1 Å². The van der Waals surface area contributed by atoms with Crippen LogP contribution in [0.15, 0.2) is 29.2 Å². The first-order valence-electron chi connectivity index (χ1n) is 7.76. The van der Waals surface area contributed by atoms with Crippen molar-refractivity contribution in [1.29, 1.82) is 0 Å². The Morgan fingerprint density at radius 1 is 1.32 bits per heavy atom. The van der Waals surface area contributed by atoms with Crippen LogP contribution in [0.1, 0.15) is 12.1 Å². The number of aromatic nitrogens is 7. The zero-order valence-electron chi connectivity index (χ0n) is 13.7. The summed E-state index contributed by atoms with van der Waals surface area (Å²) < 4.78 is 4.37. The molecule has 0 atom stereocenters. The average molecular weight is 340 g/mol. The van der Waals surface area contributed by atoms with Gasteiger partial charge >= 0.3 is 5.69 Å². The summed E-state index contributed by atoms with van der Waals surface area (Å²) in [4.78, 5) is 24.4. The third-order valence-corrected chi connectivity index (χ3v) is 4.02. The van der Waals surface area contributed by atoms with Crippen LogP contribution in [0.4, 0.5) is 5.82 Å². The van der Waals surface area contributed by atoms with E-state index >= 15 is 0 Å². The van der Waals surface area contributed by atoms with Crippen LogP contribution in [0.25, 0.3) is 16.7 Å². The maximum absolute atomic E-state index is 12.2. The first-order chi connectivity index (χ1) is 12.0. The Labute approximate surface area is 141 Å². The Bertz CT molecular complexity index is 1150. The number of H-pyrrole nitrogens is 1. The van der Waals surface area contributed by atoms with Gasteiger partial charge in [0.05, 0.1) is 17.6 Å². The highest BCUT2D eigenvalue weighted by Crippen LogP contribution is 2.23. The van der Waals surface area contributed by atoms with E-state index in [1.54, 1.807) is 36.1 Å². The normalized spacial score (nSPS) is 11.4. The smallest absolute Gasteiger partial charge is 0.310 e. The van der Waals surface area contributed by atoms with Crippen LogP contribution in [0, 0.1) is 6.92 Å². The second-order valence-corrected chi connectivity index (χ2v) is 5.74. The van der Waals surface area contributed by atoms with Crippen LogP contribution in [0.5, 0.6) is 0 Å². The molecule has 2 N–H and O–H groups in total. The van der Waals surface area contributed by atoms with Crippen molar-refractivity contribution in [2.45, 2.75) is 19.9 Å². The van der Waals surface area contributed by atoms with Crippen LogP contribution in [-0.2, 0) is 18.4 Å². The van der Waals surface area contributed by atoms with Gasteiger partial charge in [-0.05, 0) is 19.1 Å². The highest BCUT2D eigenvalue weighted by Gasteiger charge is 2.16. The predicted molar refractivity (Wildman–Crippen MR) is 90.3 cm³/mol. The Hall–Kier alpha value is -3.43. The van der Waals surface area contributed by atoms with Crippen molar-refractivity contribution >= 4 is 28.4 Å². The summed E-state index contributed by atoms with van der Waals surface area (Å²) in [6.07, 6.45) is 1.76. The Morgan fingerprint density at radius 2 is 2.16 bits per heavy atom. The van der Waals surface area contributed by atoms with Gasteiger partial charge in [0.1, 0.15) is 5.82 Å². The van der Waals surface area contributed by atoms with Crippen LogP contribution < -0.4 is 11.0 Å². The molecule has 0 saturated carbocycles. The van der Waals surface area contributed by atoms with Crippen LogP contribution in [0.3, 0.4) is 0 Å². The van der Waals surface area contributed by atoms with Gasteiger partial charge in [0.15, 0.2) is 11.3 Å². The molecule has 4 aromatic rings. The number of rotatable bonds is 4. The lowest BCUT2D eigenvalue weighted by Crippen LogP contribution is -2.24. The molecule has 0 saturated heterocycles. The lowest BCUT2D eigenvalue weighted by atomic mass is 10.3. The number of hydrogen-bond donors (Lipinski definition) is 2. The van der Waals surface area contributed by atoms with Crippen molar-refractivity contribution in [3.05, 3.63) is 40.6 Å². The van der Waals surface area contributed by atoms with Crippen molar-refractivity contribution in [1.82, 2.24) is 34.2 Å². The van der Waals surface area contributed by atoms with E-state index < -0.39 is 0 Å². The van der Waals surface area contributed by atoms with E-state index in [-0.39, 0.29) is 24.6 Å². The number of nitrogens with zero attached hydrogens (tertiary/aromatic N) is 6. The van der Waals surface area contributed by atoms with Crippen molar-refractivity contribution in [2.75, 3.05) is 5.32 Å². The van der Waals surface area contributed by atoms with Gasteiger partial charge < -0.3 is 5.32 Å². The number of aryl methyl sites for hydroxylation is 3. The summed E-state index contributed by atoms with van der Waals surface area (Å²) >= 11 is 0. The topological polar surface area (TPSA) is 115 Å². The number of pyridine rings is 1. The number of nitrogens with one attached hydrogen (secondary N) is 2. The molecule has 10 nitrogen and oxygen atoms in total. The summed E-state index contributed by atoms with van der Waals surface area (Å²) in [7, 11) is 1.79. The fraction of sp³-hybridized carbons (Fsp3) is 0.267. The third-order valence-electron chi connectivity index (χ3n) is 4.02. The fourth-order valence-corrected chi connectivity index (χ4v) is 2.85. The molecule has 4 aromatic heterocycles. The molecule has 0 unspecified atom stereocenters. The van der Waals surface area contributed by atoms with E-state index in [1.165, 1.54) is 9.08 Å². The summed E-state index contributed by atoms with van der Waals surface area (Å²) in [6, 6.07) is 5.30. The number of hydrogen-bond acceptors (Lipinski definition) is 5. The Balaban J connectivity index is 1.50. The molecule has 128 valence electrons. The second kappa shape index (κ2) is 5.58. The minimum atomic E-state index is -0.268. The quantitative estimate of drug-likeness (QED) is 0.559. The molecular formula is C15H16N8O2. The van der Waals surface area contributed by atoms with Gasteiger partial charge in [0, 0.05) is 19.7 Å². The number of fused-ring (bicyclic) bond motifs is 2. The van der Waals surface area contributed by atoms with Gasteiger partial charge in [0.2, 0.25) is 5.91 Å². The fourth-order valence-electron chi connectivity index (χ4n) is 2.85. The molecule has 10 heteroatoms. The zero-order chi connectivity index (χ0) is 17.6.